The molecule has 0 N–H and O–H groups in total. The van der Waals surface area contributed by atoms with Crippen molar-refractivity contribution >= 4 is 5.91 Å². The third kappa shape index (κ3) is 2.46. The molecule has 108 valence electrons. The number of halogens is 2. The zero-order valence-corrected chi connectivity index (χ0v) is 11.0. The summed E-state index contributed by atoms with van der Waals surface area (Å²) in [6.45, 7) is 3.63. The molecule has 4 aliphatic heterocycles. The molecule has 4 saturated heterocycles. The molecule has 0 radical (unpaired) electrons. The molecule has 4 atom stereocenters. The van der Waals surface area contributed by atoms with Gasteiger partial charge in [-0.1, -0.05) is 0 Å². The molecule has 2 bridgehead atoms. The number of carbonyl (C=O) groups is 1. The standard InChI is InChI=1S/C12H19F2N3O2/c1-8-4-16-3-2-15(8)7-10(16)11(18)17-5-9(6-17)19-12(13)14/h8-10,12H,2-7H2,1H3. The van der Waals surface area contributed by atoms with E-state index < -0.39 is 12.7 Å². The molecule has 4 heterocycles. The van der Waals surface area contributed by atoms with Crippen LogP contribution in [-0.2, 0) is 9.53 Å². The Kier molecular flexibility index (Phi) is 3.44. The molecular weight excluding hydrogens is 256 g/mol. The Balaban J connectivity index is 1.52. The first-order valence-corrected chi connectivity index (χ1v) is 6.75. The van der Waals surface area contributed by atoms with Gasteiger partial charge in [0.05, 0.1) is 6.10 Å². The maximum atomic E-state index is 12.3. The van der Waals surface area contributed by atoms with Crippen molar-refractivity contribution in [3.63, 3.8) is 0 Å². The first-order chi connectivity index (χ1) is 9.04. The van der Waals surface area contributed by atoms with Crippen molar-refractivity contribution in [3.8, 4) is 0 Å². The topological polar surface area (TPSA) is 36.0 Å². The lowest BCUT2D eigenvalue weighted by Gasteiger charge is -2.52. The van der Waals surface area contributed by atoms with E-state index in [-0.39, 0.29) is 11.9 Å². The number of amides is 1. The predicted molar refractivity (Wildman–Crippen MR) is 63.9 cm³/mol. The second-order valence-electron chi connectivity index (χ2n) is 5.62. The van der Waals surface area contributed by atoms with Crippen LogP contribution in [0, 0.1) is 0 Å². The van der Waals surface area contributed by atoms with Gasteiger partial charge in [-0.2, -0.15) is 8.78 Å². The largest absolute Gasteiger partial charge is 0.345 e. The number of carbonyl (C=O) groups excluding carboxylic acids is 1. The van der Waals surface area contributed by atoms with E-state index in [0.717, 1.165) is 26.2 Å². The summed E-state index contributed by atoms with van der Waals surface area (Å²) in [7, 11) is 0. The van der Waals surface area contributed by atoms with Crippen molar-refractivity contribution in [1.82, 2.24) is 14.7 Å². The highest BCUT2D eigenvalue weighted by Crippen LogP contribution is 2.24. The molecule has 4 aliphatic rings. The van der Waals surface area contributed by atoms with Gasteiger partial charge in [0.1, 0.15) is 6.04 Å². The highest BCUT2D eigenvalue weighted by Gasteiger charge is 2.44. The van der Waals surface area contributed by atoms with Crippen molar-refractivity contribution in [1.29, 1.82) is 0 Å². The Morgan fingerprint density at radius 1 is 1.16 bits per heavy atom. The summed E-state index contributed by atoms with van der Waals surface area (Å²) in [5.74, 6) is 0.0608. The maximum Gasteiger partial charge on any atom is 0.345 e. The average Bonchev–Trinajstić information content (AvgIpc) is 2.33. The van der Waals surface area contributed by atoms with E-state index in [2.05, 4.69) is 21.5 Å². The molecule has 4 fully saturated rings. The second-order valence-corrected chi connectivity index (χ2v) is 5.62. The molecule has 4 unspecified atom stereocenters. The van der Waals surface area contributed by atoms with E-state index in [1.165, 1.54) is 0 Å². The van der Waals surface area contributed by atoms with Crippen LogP contribution in [0.2, 0.25) is 0 Å². The van der Waals surface area contributed by atoms with Crippen molar-refractivity contribution in [2.75, 3.05) is 39.3 Å². The van der Waals surface area contributed by atoms with Gasteiger partial charge in [-0.25, -0.2) is 0 Å². The van der Waals surface area contributed by atoms with E-state index in [4.69, 9.17) is 0 Å². The molecule has 0 aromatic rings. The smallest absolute Gasteiger partial charge is 0.336 e. The minimum atomic E-state index is -2.75. The number of rotatable bonds is 3. The number of ether oxygens (including phenoxy) is 1. The molecule has 5 nitrogen and oxygen atoms in total. The van der Waals surface area contributed by atoms with Crippen LogP contribution in [0.4, 0.5) is 8.78 Å². The molecule has 4 rings (SSSR count). The highest BCUT2D eigenvalue weighted by atomic mass is 19.3. The average molecular weight is 275 g/mol. The first kappa shape index (κ1) is 13.2. The molecule has 0 aromatic heterocycles. The molecule has 7 heteroatoms. The number of piperazine rings is 3. The summed E-state index contributed by atoms with van der Waals surface area (Å²) >= 11 is 0. The molecule has 1 amide bonds. The lowest BCUT2D eigenvalue weighted by molar-refractivity contribution is -0.202. The van der Waals surface area contributed by atoms with Gasteiger partial charge >= 0.3 is 6.61 Å². The van der Waals surface area contributed by atoms with Gasteiger partial charge in [-0.3, -0.25) is 14.6 Å². The zero-order chi connectivity index (χ0) is 13.6. The number of alkyl halides is 2. The van der Waals surface area contributed by atoms with E-state index in [0.29, 0.717) is 19.1 Å². The van der Waals surface area contributed by atoms with Gasteiger partial charge in [0.15, 0.2) is 0 Å². The van der Waals surface area contributed by atoms with Gasteiger partial charge in [-0.05, 0) is 6.92 Å². The van der Waals surface area contributed by atoms with Gasteiger partial charge < -0.3 is 9.64 Å². The van der Waals surface area contributed by atoms with Gasteiger partial charge in [0, 0.05) is 45.3 Å². The van der Waals surface area contributed by atoms with E-state index in [1.54, 1.807) is 4.90 Å². The summed E-state index contributed by atoms with van der Waals surface area (Å²) in [6, 6.07) is 0.404. The molecule has 0 aliphatic carbocycles. The van der Waals surface area contributed by atoms with Crippen LogP contribution in [0.25, 0.3) is 0 Å². The van der Waals surface area contributed by atoms with E-state index in [1.807, 2.05) is 0 Å². The zero-order valence-electron chi connectivity index (χ0n) is 11.0. The molecule has 0 saturated carbocycles. The lowest BCUT2D eigenvalue weighted by atomic mass is 10.0. The van der Waals surface area contributed by atoms with Crippen molar-refractivity contribution in [2.45, 2.75) is 31.7 Å². The van der Waals surface area contributed by atoms with Crippen LogP contribution in [0.5, 0.6) is 0 Å². The van der Waals surface area contributed by atoms with Crippen LogP contribution < -0.4 is 0 Å². The van der Waals surface area contributed by atoms with Crippen molar-refractivity contribution < 1.29 is 18.3 Å². The van der Waals surface area contributed by atoms with Gasteiger partial charge in [0.25, 0.3) is 0 Å². The Hall–Kier alpha value is -0.790. The van der Waals surface area contributed by atoms with Crippen LogP contribution in [0.15, 0.2) is 0 Å². The van der Waals surface area contributed by atoms with Crippen molar-refractivity contribution in [3.05, 3.63) is 0 Å². The molecule has 0 aromatic carbocycles. The first-order valence-electron chi connectivity index (χ1n) is 6.75. The number of hydrogen-bond acceptors (Lipinski definition) is 4. The minimum Gasteiger partial charge on any atom is -0.336 e. The molecular formula is C12H19F2N3O2. The number of likely N-dealkylation sites (tertiary alicyclic amines) is 1. The Labute approximate surface area is 111 Å². The van der Waals surface area contributed by atoms with Gasteiger partial charge in [0.2, 0.25) is 5.91 Å². The summed E-state index contributed by atoms with van der Waals surface area (Å²) < 4.78 is 28.4. The SMILES string of the molecule is CC1CN2CCN1CC2C(=O)N1CC(OC(F)F)C1. The lowest BCUT2D eigenvalue weighted by Crippen LogP contribution is -2.70. The Morgan fingerprint density at radius 3 is 2.37 bits per heavy atom. The number of fused-ring (bicyclic) bond motifs is 3. The van der Waals surface area contributed by atoms with Gasteiger partial charge in [-0.15, -0.1) is 0 Å². The molecule has 0 spiro atoms. The number of nitrogens with zero attached hydrogens (tertiary/aromatic N) is 3. The fraction of sp³-hybridized carbons (Fsp3) is 0.917. The van der Waals surface area contributed by atoms with E-state index in [9.17, 15) is 13.6 Å². The van der Waals surface area contributed by atoms with Crippen LogP contribution >= 0.6 is 0 Å². The fourth-order valence-electron chi connectivity index (χ4n) is 3.21. The Morgan fingerprint density at radius 2 is 1.84 bits per heavy atom. The highest BCUT2D eigenvalue weighted by molar-refractivity contribution is 5.83. The fourth-order valence-corrected chi connectivity index (χ4v) is 3.21. The number of hydrogen-bond donors (Lipinski definition) is 0. The quantitative estimate of drug-likeness (QED) is 0.716. The Bertz CT molecular complexity index is 363. The van der Waals surface area contributed by atoms with E-state index >= 15 is 0 Å². The van der Waals surface area contributed by atoms with Crippen molar-refractivity contribution in [2.24, 2.45) is 0 Å². The summed E-state index contributed by atoms with van der Waals surface area (Å²) in [4.78, 5) is 18.5. The predicted octanol–water partition coefficient (Wildman–Crippen LogP) is -0.175. The normalized spacial score (nSPS) is 38.6. The summed E-state index contributed by atoms with van der Waals surface area (Å²) in [6.07, 6.45) is -0.501. The van der Waals surface area contributed by atoms with Crippen LogP contribution in [-0.4, -0.2) is 84.7 Å². The summed E-state index contributed by atoms with van der Waals surface area (Å²) in [5, 5.41) is 0. The van der Waals surface area contributed by atoms with Crippen LogP contribution in [0.3, 0.4) is 0 Å². The summed E-state index contributed by atoms with van der Waals surface area (Å²) in [5.41, 5.74) is 0. The molecule has 19 heavy (non-hydrogen) atoms. The monoisotopic (exact) mass is 275 g/mol. The maximum absolute atomic E-state index is 12.3. The third-order valence-corrected chi connectivity index (χ3v) is 4.38. The van der Waals surface area contributed by atoms with Crippen LogP contribution in [0.1, 0.15) is 6.92 Å². The minimum absolute atomic E-state index is 0.0608. The second kappa shape index (κ2) is 4.96. The third-order valence-electron chi connectivity index (χ3n) is 4.38.